The maximum Gasteiger partial charge on any atom is 0.421 e. The van der Waals surface area contributed by atoms with Gasteiger partial charge < -0.3 is 25.4 Å². The number of halogens is 3. The zero-order valence-corrected chi connectivity index (χ0v) is 17.4. The van der Waals surface area contributed by atoms with Gasteiger partial charge in [-0.3, -0.25) is 5.73 Å². The summed E-state index contributed by atoms with van der Waals surface area (Å²) in [4.78, 5) is 4.01. The van der Waals surface area contributed by atoms with Crippen molar-refractivity contribution in [3.05, 3.63) is 41.2 Å². The molecule has 0 aliphatic carbocycles. The van der Waals surface area contributed by atoms with E-state index in [0.29, 0.717) is 31.1 Å². The molecule has 10 heteroatoms. The predicted octanol–water partition coefficient (Wildman–Crippen LogP) is 1.96. The van der Waals surface area contributed by atoms with Gasteiger partial charge in [-0.05, 0) is 50.2 Å². The molecule has 7 nitrogen and oxygen atoms in total. The van der Waals surface area contributed by atoms with Gasteiger partial charge in [0.25, 0.3) is 0 Å². The Balaban J connectivity index is 1.49. The molecular weight excluding hydrogens is 411 g/mol. The Morgan fingerprint density at radius 2 is 1.90 bits per heavy atom. The first-order valence-electron chi connectivity index (χ1n) is 10.4. The number of allylic oxidation sites excluding steroid dienone is 1. The Kier molecular flexibility index (Phi) is 5.89. The number of nitrogens with one attached hydrogen (secondary N) is 3. The summed E-state index contributed by atoms with van der Waals surface area (Å²) in [5.74, 6) is -1.01. The molecule has 1 atom stereocenters. The lowest BCUT2D eigenvalue weighted by Gasteiger charge is -2.37. The zero-order valence-electron chi connectivity index (χ0n) is 17.4. The molecule has 3 aliphatic heterocycles. The molecular formula is C21H28F3N5O2. The highest BCUT2D eigenvalue weighted by atomic mass is 19.4. The van der Waals surface area contributed by atoms with E-state index in [0.717, 1.165) is 32.1 Å². The summed E-state index contributed by atoms with van der Waals surface area (Å²) in [7, 11) is 0. The minimum Gasteiger partial charge on any atom is -0.493 e. The van der Waals surface area contributed by atoms with Crippen LogP contribution in [-0.4, -0.2) is 51.3 Å². The molecule has 5 N–H and O–H groups in total. The predicted molar refractivity (Wildman–Crippen MR) is 110 cm³/mol. The number of piperidine rings is 1. The molecule has 1 unspecified atom stereocenters. The van der Waals surface area contributed by atoms with Crippen LogP contribution in [0.3, 0.4) is 0 Å². The summed E-state index contributed by atoms with van der Waals surface area (Å²) >= 11 is 0. The van der Waals surface area contributed by atoms with Crippen LogP contribution < -0.4 is 26.4 Å². The van der Waals surface area contributed by atoms with Crippen molar-refractivity contribution in [1.82, 2.24) is 16.0 Å². The van der Waals surface area contributed by atoms with E-state index in [-0.39, 0.29) is 17.3 Å². The topological polar surface area (TPSA) is 92.9 Å². The van der Waals surface area contributed by atoms with Crippen molar-refractivity contribution in [3.8, 4) is 5.75 Å². The standard InChI is InChI=1S/C21H28F3N5O2/c1-19(11-30-12-19)13-31-16-4-2-14(3-5-16)21(25)27-10-17(20(22,23)24)18(29-21)28-15-6-8-26-9-7-15/h2-5,10,15,26,28-29H,6-9,11-13,25H2,1H3. The second-order valence-electron chi connectivity index (χ2n) is 8.72. The van der Waals surface area contributed by atoms with Gasteiger partial charge in [0.05, 0.1) is 19.8 Å². The van der Waals surface area contributed by atoms with E-state index in [1.54, 1.807) is 24.3 Å². The quantitative estimate of drug-likeness (QED) is 0.542. The van der Waals surface area contributed by atoms with E-state index in [4.69, 9.17) is 15.2 Å². The zero-order chi connectivity index (χ0) is 22.1. The SMILES string of the molecule is CC1(COc2ccc(C3(N)N=CC(C(F)(F)F)=C(NC4CCNCC4)N3)cc2)COC1. The van der Waals surface area contributed by atoms with Gasteiger partial charge in [-0.25, -0.2) is 4.99 Å². The van der Waals surface area contributed by atoms with E-state index in [2.05, 4.69) is 27.9 Å². The third-order valence-electron chi connectivity index (χ3n) is 5.76. The van der Waals surface area contributed by atoms with Gasteiger partial charge in [0, 0.05) is 23.2 Å². The van der Waals surface area contributed by atoms with Crippen LogP contribution in [0.25, 0.3) is 0 Å². The largest absolute Gasteiger partial charge is 0.493 e. The smallest absolute Gasteiger partial charge is 0.421 e. The molecule has 31 heavy (non-hydrogen) atoms. The molecule has 4 rings (SSSR count). The molecule has 0 amide bonds. The number of ether oxygens (including phenoxy) is 2. The van der Waals surface area contributed by atoms with Gasteiger partial charge in [-0.2, -0.15) is 13.2 Å². The van der Waals surface area contributed by atoms with Gasteiger partial charge in [0.15, 0.2) is 0 Å². The summed E-state index contributed by atoms with van der Waals surface area (Å²) < 4.78 is 51.7. The van der Waals surface area contributed by atoms with Crippen molar-refractivity contribution in [2.75, 3.05) is 32.9 Å². The van der Waals surface area contributed by atoms with Crippen LogP contribution in [0.15, 0.2) is 40.7 Å². The normalized spacial score (nSPS) is 26.2. The first kappa shape index (κ1) is 21.9. The fourth-order valence-electron chi connectivity index (χ4n) is 3.76. The van der Waals surface area contributed by atoms with Gasteiger partial charge in [0.1, 0.15) is 17.1 Å². The van der Waals surface area contributed by atoms with Crippen molar-refractivity contribution in [2.24, 2.45) is 16.1 Å². The molecule has 0 aromatic heterocycles. The van der Waals surface area contributed by atoms with Crippen LogP contribution in [0.2, 0.25) is 0 Å². The van der Waals surface area contributed by atoms with Gasteiger partial charge in [-0.1, -0.05) is 6.92 Å². The first-order valence-corrected chi connectivity index (χ1v) is 10.4. The molecule has 1 aromatic rings. The second-order valence-corrected chi connectivity index (χ2v) is 8.72. The summed E-state index contributed by atoms with van der Waals surface area (Å²) in [6.07, 6.45) is -2.30. The van der Waals surface area contributed by atoms with E-state index < -0.39 is 17.5 Å². The third kappa shape index (κ3) is 4.97. The van der Waals surface area contributed by atoms with Crippen LogP contribution >= 0.6 is 0 Å². The highest BCUT2D eigenvalue weighted by Crippen LogP contribution is 2.32. The van der Waals surface area contributed by atoms with Crippen molar-refractivity contribution in [1.29, 1.82) is 0 Å². The Hall–Kier alpha value is -2.30. The minimum atomic E-state index is -4.55. The molecule has 3 aliphatic rings. The average Bonchev–Trinajstić information content (AvgIpc) is 2.71. The maximum absolute atomic E-state index is 13.6. The van der Waals surface area contributed by atoms with E-state index in [9.17, 15) is 13.2 Å². The number of alkyl halides is 3. The first-order chi connectivity index (χ1) is 14.7. The average molecular weight is 439 g/mol. The lowest BCUT2D eigenvalue weighted by Crippen LogP contribution is -2.56. The lowest BCUT2D eigenvalue weighted by atomic mass is 9.90. The van der Waals surface area contributed by atoms with Crippen LogP contribution in [0.1, 0.15) is 25.3 Å². The monoisotopic (exact) mass is 439 g/mol. The maximum atomic E-state index is 13.6. The molecule has 1 aromatic carbocycles. The minimum absolute atomic E-state index is 0.0109. The Bertz CT molecular complexity index is 846. The summed E-state index contributed by atoms with van der Waals surface area (Å²) in [5, 5.41) is 9.00. The molecule has 0 spiro atoms. The fourth-order valence-corrected chi connectivity index (χ4v) is 3.76. The number of nitrogens with zero attached hydrogens (tertiary/aromatic N) is 1. The van der Waals surface area contributed by atoms with Gasteiger partial charge in [0.2, 0.25) is 5.79 Å². The number of nitrogens with two attached hydrogens (primary N) is 1. The van der Waals surface area contributed by atoms with E-state index >= 15 is 0 Å². The van der Waals surface area contributed by atoms with Crippen molar-refractivity contribution in [2.45, 2.75) is 37.8 Å². The van der Waals surface area contributed by atoms with Crippen molar-refractivity contribution < 1.29 is 22.6 Å². The Morgan fingerprint density at radius 3 is 2.48 bits per heavy atom. The third-order valence-corrected chi connectivity index (χ3v) is 5.76. The second kappa shape index (κ2) is 8.33. The summed E-state index contributed by atoms with van der Waals surface area (Å²) in [6, 6.07) is 6.82. The number of benzene rings is 1. The molecule has 170 valence electrons. The number of aliphatic imine (C=N–C) groups is 1. The Labute approximate surface area is 179 Å². The van der Waals surface area contributed by atoms with Crippen LogP contribution in [0.5, 0.6) is 5.75 Å². The van der Waals surface area contributed by atoms with Crippen LogP contribution in [0, 0.1) is 5.41 Å². The van der Waals surface area contributed by atoms with Gasteiger partial charge >= 0.3 is 6.18 Å². The molecule has 2 saturated heterocycles. The van der Waals surface area contributed by atoms with Crippen LogP contribution in [-0.2, 0) is 10.5 Å². The van der Waals surface area contributed by atoms with Crippen LogP contribution in [0.4, 0.5) is 13.2 Å². The summed E-state index contributed by atoms with van der Waals surface area (Å²) in [5.41, 5.74) is 6.07. The van der Waals surface area contributed by atoms with Gasteiger partial charge in [-0.15, -0.1) is 0 Å². The highest BCUT2D eigenvalue weighted by molar-refractivity contribution is 5.82. The van der Waals surface area contributed by atoms with Crippen molar-refractivity contribution >= 4 is 6.21 Å². The van der Waals surface area contributed by atoms with E-state index in [1.807, 2.05) is 0 Å². The molecule has 2 fully saturated rings. The number of hydrogen-bond donors (Lipinski definition) is 4. The Morgan fingerprint density at radius 1 is 1.23 bits per heavy atom. The molecule has 0 saturated carbocycles. The number of rotatable bonds is 6. The number of hydrogen-bond acceptors (Lipinski definition) is 7. The lowest BCUT2D eigenvalue weighted by molar-refractivity contribution is -0.120. The summed E-state index contributed by atoms with van der Waals surface area (Å²) in [6.45, 7) is 5.44. The fraction of sp³-hybridized carbons (Fsp3) is 0.571. The molecule has 0 bridgehead atoms. The van der Waals surface area contributed by atoms with E-state index in [1.165, 1.54) is 0 Å². The molecule has 3 heterocycles. The molecule has 0 radical (unpaired) electrons. The highest BCUT2D eigenvalue weighted by Gasteiger charge is 2.42. The van der Waals surface area contributed by atoms with Crippen molar-refractivity contribution in [3.63, 3.8) is 0 Å².